The minimum absolute atomic E-state index is 0.00103. The average molecular weight is 1440 g/mol. The Bertz CT molecular complexity index is 4190. The van der Waals surface area contributed by atoms with Crippen molar-refractivity contribution in [2.75, 3.05) is 116 Å². The maximum absolute atomic E-state index is 13.1. The van der Waals surface area contributed by atoms with E-state index < -0.39 is 15.5 Å². The Morgan fingerprint density at radius 2 is 1.36 bits per heavy atom. The number of carbonyl (C=O) groups excluding carboxylic acids is 5. The average Bonchev–Trinajstić information content (AvgIpc) is 1.62. The van der Waals surface area contributed by atoms with Crippen molar-refractivity contribution in [2.45, 2.75) is 121 Å². The van der Waals surface area contributed by atoms with Gasteiger partial charge in [-0.25, -0.2) is 23.4 Å². The van der Waals surface area contributed by atoms with Crippen molar-refractivity contribution in [1.29, 1.82) is 0 Å². The highest BCUT2D eigenvalue weighted by Gasteiger charge is 2.44. The second-order valence-electron chi connectivity index (χ2n) is 26.8. The van der Waals surface area contributed by atoms with Crippen molar-refractivity contribution < 1.29 is 55.7 Å². The molecule has 0 bridgehead atoms. The van der Waals surface area contributed by atoms with E-state index in [0.29, 0.717) is 137 Å². The van der Waals surface area contributed by atoms with Crippen LogP contribution < -0.4 is 25.8 Å². The lowest BCUT2D eigenvalue weighted by Crippen LogP contribution is -2.45. The zero-order valence-corrected chi connectivity index (χ0v) is 61.4. The van der Waals surface area contributed by atoms with Gasteiger partial charge in [0.25, 0.3) is 0 Å². The molecule has 6 aromatic rings. The third-order valence-electron chi connectivity index (χ3n) is 18.6. The molecule has 4 aromatic carbocycles. The van der Waals surface area contributed by atoms with Crippen LogP contribution in [0.5, 0.6) is 0 Å². The van der Waals surface area contributed by atoms with E-state index in [-0.39, 0.29) is 71.8 Å². The van der Waals surface area contributed by atoms with Crippen LogP contribution in [-0.4, -0.2) is 195 Å². The Hall–Kier alpha value is -8.36. The largest absolute Gasteiger partial charge is 0.744 e. The summed E-state index contributed by atoms with van der Waals surface area (Å²) in [5.41, 5.74) is 9.43. The summed E-state index contributed by atoms with van der Waals surface area (Å²) in [4.78, 5) is 85.8. The van der Waals surface area contributed by atoms with E-state index >= 15 is 0 Å². The normalized spacial score (nSPS) is 15.5. The number of nitrogens with one attached hydrogen (secondary N) is 3. The number of benzene rings is 4. The smallest absolute Gasteiger partial charge is 0.239 e. The number of likely N-dealkylation sites (N-methyl/N-ethyl adjacent to an activating group) is 2. The molecule has 9 rings (SSSR count). The predicted molar refractivity (Wildman–Crippen MR) is 392 cm³/mol. The van der Waals surface area contributed by atoms with Gasteiger partial charge in [-0.05, 0) is 126 Å². The van der Waals surface area contributed by atoms with Gasteiger partial charge in [-0.1, -0.05) is 91.5 Å². The number of nitrogens with zero attached hydrogens (tertiary/aromatic N) is 9. The number of amides is 5. The molecule has 0 unspecified atom stereocenters. The summed E-state index contributed by atoms with van der Waals surface area (Å²) < 4.78 is 56.3. The number of imidazole rings is 1. The number of unbranched alkanes of at least 4 members (excludes halogenated alkanes) is 2. The van der Waals surface area contributed by atoms with Gasteiger partial charge >= 0.3 is 0 Å². The second kappa shape index (κ2) is 35.5. The lowest BCUT2D eigenvalue weighted by Gasteiger charge is -2.33. The third-order valence-corrected chi connectivity index (χ3v) is 20.0. The van der Waals surface area contributed by atoms with Gasteiger partial charge in [0.2, 0.25) is 35.2 Å². The standard InChI is InChI=1S/C75H94Cl2N12O11S/c1-52-24-30-62-58(47-52)75(4,5)64(22-12-9-11-21-63-74(2,3)59-48-56(101(95,96)97)29-31-61(59)86(63)8)88(62)38-16-10-13-23-68(93)84(6)49-66(91)78-36-17-41-98-43-45-100-46-44-99-42-18-37-79-67(92)50-85(7)69(94)33-32-65(90)82-54-34-39-87(40-35-54)72-70-73(81-51-80-72)89(55-27-25-53(76)26-28-55)71(83-70)57-19-14-15-20-60(57)77/h9,11-12,14-15,19-22,24-31,47-48,51,54H,10,13,16-18,23,32-46,49-50H2,1-8H3,(H3-,78,79,82,90,91,92,95,96,97). The van der Waals surface area contributed by atoms with Crippen molar-refractivity contribution in [1.82, 2.24) is 45.3 Å². The molecule has 1 saturated heterocycles. The van der Waals surface area contributed by atoms with Crippen LogP contribution in [0.3, 0.4) is 0 Å². The van der Waals surface area contributed by atoms with Crippen LogP contribution in [0.2, 0.25) is 10.0 Å². The predicted octanol–water partition coefficient (Wildman–Crippen LogP) is 9.91. The SMILES string of the molecule is Cc1ccc2c(c1)C(C)(C)\C(=C/C=C/C=C/C1=[N+](C)c3ccc(S(=O)(=O)[O-])cc3C1(C)C)N2CCCCCC(=O)N(C)CC(=O)NCCCOCCOCCOCCCNC(=O)CN(C)C(=O)CCC(=O)NC1CCN(c2ncnc3c2nc(-c2ccccc2Cl)n3-c2ccc(Cl)cc2)CC1. The highest BCUT2D eigenvalue weighted by Crippen LogP contribution is 2.48. The quantitative estimate of drug-likeness (QED) is 0.0145. The van der Waals surface area contributed by atoms with Crippen LogP contribution in [0.4, 0.5) is 17.2 Å². The van der Waals surface area contributed by atoms with E-state index in [1.165, 1.54) is 50.8 Å². The number of hydrogen-bond donors (Lipinski definition) is 3. The summed E-state index contributed by atoms with van der Waals surface area (Å²) >= 11 is 12.9. The first kappa shape index (κ1) is 76.8. The number of aryl methyl sites for hydroxylation is 1. The van der Waals surface area contributed by atoms with Gasteiger partial charge in [0.05, 0.1) is 54.9 Å². The fourth-order valence-electron chi connectivity index (χ4n) is 13.1. The zero-order chi connectivity index (χ0) is 72.4. The molecule has 5 heterocycles. The molecule has 3 aliphatic rings. The van der Waals surface area contributed by atoms with Gasteiger partial charge in [0.15, 0.2) is 22.7 Å². The van der Waals surface area contributed by atoms with Gasteiger partial charge in [-0.3, -0.25) is 28.5 Å². The molecule has 23 nitrogen and oxygen atoms in total. The topological polar surface area (TPSA) is 266 Å². The summed E-state index contributed by atoms with van der Waals surface area (Å²) in [7, 11) is 0.548. The van der Waals surface area contributed by atoms with Crippen molar-refractivity contribution in [2.24, 2.45) is 0 Å². The molecular formula is C75H94Cl2N12O11S. The first-order valence-electron chi connectivity index (χ1n) is 34.5. The highest BCUT2D eigenvalue weighted by atomic mass is 35.5. The summed E-state index contributed by atoms with van der Waals surface area (Å²) in [6.07, 6.45) is 16.9. The van der Waals surface area contributed by atoms with Crippen LogP contribution in [0.15, 0.2) is 132 Å². The molecule has 0 spiro atoms. The van der Waals surface area contributed by atoms with Gasteiger partial charge in [-0.15, -0.1) is 0 Å². The van der Waals surface area contributed by atoms with E-state index in [4.69, 9.17) is 42.4 Å². The Morgan fingerprint density at radius 3 is 2.01 bits per heavy atom. The molecule has 5 amide bonds. The van der Waals surface area contributed by atoms with Gasteiger partial charge in [0.1, 0.15) is 29.3 Å². The van der Waals surface area contributed by atoms with Gasteiger partial charge in [-0.2, -0.15) is 4.58 Å². The molecule has 101 heavy (non-hydrogen) atoms. The minimum Gasteiger partial charge on any atom is -0.744 e. The first-order valence-corrected chi connectivity index (χ1v) is 36.7. The van der Waals surface area contributed by atoms with Gasteiger partial charge < -0.3 is 54.3 Å². The molecular weight excluding hydrogens is 1350 g/mol. The van der Waals surface area contributed by atoms with Crippen LogP contribution in [0, 0.1) is 6.92 Å². The molecule has 3 aliphatic heterocycles. The van der Waals surface area contributed by atoms with Crippen LogP contribution in [0.1, 0.15) is 109 Å². The number of halogens is 2. The molecule has 0 atom stereocenters. The lowest BCUT2D eigenvalue weighted by atomic mass is 9.81. The molecule has 0 radical (unpaired) electrons. The van der Waals surface area contributed by atoms with E-state index in [9.17, 15) is 36.9 Å². The highest BCUT2D eigenvalue weighted by molar-refractivity contribution is 7.85. The number of fused-ring (bicyclic) bond motifs is 3. The van der Waals surface area contributed by atoms with E-state index in [2.05, 4.69) is 80.8 Å². The molecule has 0 aliphatic carbocycles. The first-order chi connectivity index (χ1) is 48.3. The number of anilines is 2. The van der Waals surface area contributed by atoms with Crippen LogP contribution >= 0.6 is 23.2 Å². The number of carbonyl (C=O) groups is 5. The summed E-state index contributed by atoms with van der Waals surface area (Å²) in [5.74, 6) is 0.143. The summed E-state index contributed by atoms with van der Waals surface area (Å²) in [5, 5.41) is 9.92. The molecule has 540 valence electrons. The van der Waals surface area contributed by atoms with Crippen LogP contribution in [-0.2, 0) is 59.1 Å². The van der Waals surface area contributed by atoms with Crippen molar-refractivity contribution in [3.8, 4) is 17.1 Å². The molecule has 26 heteroatoms. The Balaban J connectivity index is 0.564. The van der Waals surface area contributed by atoms with E-state index in [1.807, 2.05) is 103 Å². The maximum Gasteiger partial charge on any atom is 0.239 e. The fraction of sp³-hybridized carbons (Fsp3) is 0.453. The zero-order valence-electron chi connectivity index (χ0n) is 59.1. The number of allylic oxidation sites excluding steroid dienone is 6. The monoisotopic (exact) mass is 1440 g/mol. The molecule has 3 N–H and O–H groups in total. The Labute approximate surface area is 602 Å². The molecule has 0 saturated carbocycles. The van der Waals surface area contributed by atoms with E-state index in [0.717, 1.165) is 47.6 Å². The lowest BCUT2D eigenvalue weighted by molar-refractivity contribution is -0.401. The maximum atomic E-state index is 13.1. The number of ether oxygens (including phenoxy) is 3. The molecule has 1 fully saturated rings. The molecule has 2 aromatic heterocycles. The van der Waals surface area contributed by atoms with Crippen molar-refractivity contribution in [3.63, 3.8) is 0 Å². The Kier molecular flexibility index (Phi) is 27.0. The number of hydrogen-bond acceptors (Lipinski definition) is 16. The van der Waals surface area contributed by atoms with Crippen molar-refractivity contribution >= 4 is 96.9 Å². The number of piperidine rings is 1. The summed E-state index contributed by atoms with van der Waals surface area (Å²) in [6.45, 7) is 15.6. The fourth-order valence-corrected chi connectivity index (χ4v) is 13.9. The van der Waals surface area contributed by atoms with Crippen molar-refractivity contribution in [3.05, 3.63) is 154 Å². The number of rotatable bonds is 35. The minimum atomic E-state index is -4.59. The van der Waals surface area contributed by atoms with Gasteiger partial charge in [0, 0.05) is 136 Å². The summed E-state index contributed by atoms with van der Waals surface area (Å²) in [6, 6.07) is 26.0. The van der Waals surface area contributed by atoms with E-state index in [1.54, 1.807) is 20.2 Å². The third kappa shape index (κ3) is 20.1. The number of aromatic nitrogens is 4. The van der Waals surface area contributed by atoms with Crippen LogP contribution in [0.25, 0.3) is 28.2 Å². The Morgan fingerprint density at radius 1 is 0.713 bits per heavy atom. The second-order valence-corrected chi connectivity index (χ2v) is 29.0.